The fraction of sp³-hybridized carbons (Fsp3) is 0.333. The topological polar surface area (TPSA) is 84.2 Å². The lowest BCUT2D eigenvalue weighted by atomic mass is 9.95. The first-order chi connectivity index (χ1) is 12.3. The van der Waals surface area contributed by atoms with Gasteiger partial charge in [-0.05, 0) is 23.3 Å². The summed E-state index contributed by atoms with van der Waals surface area (Å²) in [4.78, 5) is 24.1. The summed E-state index contributed by atoms with van der Waals surface area (Å²) in [5.74, 6) is -0.170. The van der Waals surface area contributed by atoms with Crippen LogP contribution in [0.15, 0.2) is 54.6 Å². The second kappa shape index (κ2) is 8.63. The molecule has 0 heterocycles. The molecule has 2 rings (SSSR count). The Kier molecular flexibility index (Phi) is 6.52. The number of nitrogens with two attached hydrogens (primary N) is 1. The minimum absolute atomic E-state index is 0.00535. The predicted molar refractivity (Wildman–Crippen MR) is 103 cm³/mol. The molecule has 4 N–H and O–H groups in total. The van der Waals surface area contributed by atoms with E-state index in [1.165, 1.54) is 0 Å². The maximum atomic E-state index is 12.3. The number of nitrogens with one attached hydrogen (secondary N) is 2. The predicted octanol–water partition coefficient (Wildman–Crippen LogP) is 2.78. The molecule has 0 saturated heterocycles. The molecule has 2 aromatic carbocycles. The van der Waals surface area contributed by atoms with Crippen LogP contribution in [0.5, 0.6) is 0 Å². The van der Waals surface area contributed by atoms with Gasteiger partial charge in [0.25, 0.3) is 5.91 Å². The van der Waals surface area contributed by atoms with Crippen LogP contribution in [0.3, 0.4) is 0 Å². The van der Waals surface area contributed by atoms with E-state index in [0.29, 0.717) is 18.7 Å². The van der Waals surface area contributed by atoms with Gasteiger partial charge < -0.3 is 16.4 Å². The van der Waals surface area contributed by atoms with Crippen molar-refractivity contribution in [3.8, 4) is 0 Å². The van der Waals surface area contributed by atoms with Crippen molar-refractivity contribution in [2.24, 2.45) is 11.1 Å². The van der Waals surface area contributed by atoms with Crippen molar-refractivity contribution >= 4 is 11.8 Å². The molecule has 0 bridgehead atoms. The molecule has 0 aromatic heterocycles. The largest absolute Gasteiger partial charge is 0.352 e. The molecule has 0 aliphatic rings. The molecule has 138 valence electrons. The minimum Gasteiger partial charge on any atom is -0.352 e. The average molecular weight is 353 g/mol. The third-order valence-electron chi connectivity index (χ3n) is 4.06. The molecule has 0 fully saturated rings. The van der Waals surface area contributed by atoms with Gasteiger partial charge in [-0.25, -0.2) is 0 Å². The average Bonchev–Trinajstić information content (AvgIpc) is 2.64. The number of hydrogen-bond acceptors (Lipinski definition) is 3. The Morgan fingerprint density at radius 2 is 1.58 bits per heavy atom. The molecule has 2 amide bonds. The molecule has 0 spiro atoms. The van der Waals surface area contributed by atoms with Gasteiger partial charge in [0, 0.05) is 30.1 Å². The van der Waals surface area contributed by atoms with Crippen molar-refractivity contribution in [3.05, 3.63) is 71.3 Å². The van der Waals surface area contributed by atoms with Crippen molar-refractivity contribution in [1.29, 1.82) is 0 Å². The summed E-state index contributed by atoms with van der Waals surface area (Å²) in [6, 6.07) is 16.6. The highest BCUT2D eigenvalue weighted by molar-refractivity contribution is 5.94. The zero-order valence-electron chi connectivity index (χ0n) is 15.6. The second-order valence-electron chi connectivity index (χ2n) is 7.36. The van der Waals surface area contributed by atoms with Crippen LogP contribution in [0.2, 0.25) is 0 Å². The molecule has 1 unspecified atom stereocenters. The summed E-state index contributed by atoms with van der Waals surface area (Å²) in [5.41, 5.74) is 8.17. The summed E-state index contributed by atoms with van der Waals surface area (Å²) < 4.78 is 0. The van der Waals surface area contributed by atoms with Crippen molar-refractivity contribution in [2.75, 3.05) is 6.54 Å². The lowest BCUT2D eigenvalue weighted by molar-refractivity contribution is -0.128. The van der Waals surface area contributed by atoms with Gasteiger partial charge in [-0.3, -0.25) is 9.59 Å². The van der Waals surface area contributed by atoms with Crippen LogP contribution >= 0.6 is 0 Å². The van der Waals surface area contributed by atoms with Crippen LogP contribution in [0.25, 0.3) is 0 Å². The smallest absolute Gasteiger partial charge is 0.251 e. The third-order valence-corrected chi connectivity index (χ3v) is 4.06. The molecular formula is C21H27N3O2. The molecular weight excluding hydrogens is 326 g/mol. The highest BCUT2D eigenvalue weighted by Crippen LogP contribution is 2.13. The number of benzene rings is 2. The fourth-order valence-electron chi connectivity index (χ4n) is 2.34. The van der Waals surface area contributed by atoms with E-state index in [0.717, 1.165) is 11.1 Å². The Hall–Kier alpha value is -2.66. The molecule has 5 heteroatoms. The summed E-state index contributed by atoms with van der Waals surface area (Å²) >= 11 is 0. The third kappa shape index (κ3) is 5.70. The van der Waals surface area contributed by atoms with E-state index in [2.05, 4.69) is 10.6 Å². The summed E-state index contributed by atoms with van der Waals surface area (Å²) in [6.07, 6.45) is 0. The van der Waals surface area contributed by atoms with Crippen molar-refractivity contribution < 1.29 is 9.59 Å². The molecule has 0 saturated carbocycles. The Labute approximate surface area is 155 Å². The first kappa shape index (κ1) is 19.7. The minimum atomic E-state index is -0.419. The van der Waals surface area contributed by atoms with Gasteiger partial charge in [-0.1, -0.05) is 63.2 Å². The molecule has 0 radical (unpaired) electrons. The van der Waals surface area contributed by atoms with E-state index in [-0.39, 0.29) is 17.9 Å². The standard InChI is InChI=1S/C21H27N3O2/c1-21(2,3)20(26)24-13-15-9-11-17(12-10-15)19(25)23-14-18(22)16-7-5-4-6-8-16/h4-12,18H,13-14,22H2,1-3H3,(H,23,25)(H,24,26). The summed E-state index contributed by atoms with van der Waals surface area (Å²) in [5, 5.41) is 5.74. The van der Waals surface area contributed by atoms with E-state index in [1.54, 1.807) is 12.1 Å². The van der Waals surface area contributed by atoms with E-state index < -0.39 is 5.41 Å². The lowest BCUT2D eigenvalue weighted by Crippen LogP contribution is -2.34. The van der Waals surface area contributed by atoms with Gasteiger partial charge in [0.05, 0.1) is 0 Å². The maximum Gasteiger partial charge on any atom is 0.251 e. The molecule has 2 aromatic rings. The van der Waals surface area contributed by atoms with Crippen LogP contribution < -0.4 is 16.4 Å². The van der Waals surface area contributed by atoms with Crippen LogP contribution in [0.4, 0.5) is 0 Å². The first-order valence-electron chi connectivity index (χ1n) is 8.73. The van der Waals surface area contributed by atoms with Gasteiger partial charge in [0.1, 0.15) is 0 Å². The molecule has 0 aliphatic carbocycles. The SMILES string of the molecule is CC(C)(C)C(=O)NCc1ccc(C(=O)NCC(N)c2ccccc2)cc1. The zero-order valence-corrected chi connectivity index (χ0v) is 15.6. The summed E-state index contributed by atoms with van der Waals surface area (Å²) in [6.45, 7) is 6.42. The Balaban J connectivity index is 1.85. The van der Waals surface area contributed by atoms with Crippen LogP contribution in [-0.2, 0) is 11.3 Å². The zero-order chi connectivity index (χ0) is 19.2. The lowest BCUT2D eigenvalue weighted by Gasteiger charge is -2.17. The number of rotatable bonds is 6. The van der Waals surface area contributed by atoms with Crippen LogP contribution in [0.1, 0.15) is 48.3 Å². The normalized spacial score (nSPS) is 12.3. The van der Waals surface area contributed by atoms with E-state index >= 15 is 0 Å². The Morgan fingerprint density at radius 1 is 0.962 bits per heavy atom. The van der Waals surface area contributed by atoms with Gasteiger partial charge in [-0.2, -0.15) is 0 Å². The summed E-state index contributed by atoms with van der Waals surface area (Å²) in [7, 11) is 0. The molecule has 5 nitrogen and oxygen atoms in total. The molecule has 26 heavy (non-hydrogen) atoms. The van der Waals surface area contributed by atoms with E-state index in [4.69, 9.17) is 5.73 Å². The number of carbonyl (C=O) groups excluding carboxylic acids is 2. The highest BCUT2D eigenvalue weighted by Gasteiger charge is 2.20. The number of carbonyl (C=O) groups is 2. The van der Waals surface area contributed by atoms with Crippen LogP contribution in [0, 0.1) is 5.41 Å². The van der Waals surface area contributed by atoms with E-state index in [9.17, 15) is 9.59 Å². The van der Waals surface area contributed by atoms with Crippen molar-refractivity contribution in [1.82, 2.24) is 10.6 Å². The quantitative estimate of drug-likeness (QED) is 0.746. The first-order valence-corrected chi connectivity index (χ1v) is 8.73. The van der Waals surface area contributed by atoms with Gasteiger partial charge in [0.2, 0.25) is 5.91 Å². The Bertz CT molecular complexity index is 734. The second-order valence-corrected chi connectivity index (χ2v) is 7.36. The molecule has 0 aliphatic heterocycles. The number of amides is 2. The van der Waals surface area contributed by atoms with Crippen LogP contribution in [-0.4, -0.2) is 18.4 Å². The maximum absolute atomic E-state index is 12.3. The van der Waals surface area contributed by atoms with E-state index in [1.807, 2.05) is 63.2 Å². The fourth-order valence-corrected chi connectivity index (χ4v) is 2.34. The highest BCUT2D eigenvalue weighted by atomic mass is 16.2. The number of hydrogen-bond donors (Lipinski definition) is 3. The van der Waals surface area contributed by atoms with Crippen molar-refractivity contribution in [3.63, 3.8) is 0 Å². The van der Waals surface area contributed by atoms with Gasteiger partial charge in [-0.15, -0.1) is 0 Å². The van der Waals surface area contributed by atoms with Gasteiger partial charge in [0.15, 0.2) is 0 Å². The van der Waals surface area contributed by atoms with Gasteiger partial charge >= 0.3 is 0 Å². The molecule has 1 atom stereocenters. The van der Waals surface area contributed by atoms with Crippen molar-refractivity contribution in [2.45, 2.75) is 33.4 Å². The monoisotopic (exact) mass is 353 g/mol. The Morgan fingerprint density at radius 3 is 2.15 bits per heavy atom.